The second-order valence-electron chi connectivity index (χ2n) is 10.7. The van der Waals surface area contributed by atoms with Crippen LogP contribution in [0.2, 0.25) is 0 Å². The van der Waals surface area contributed by atoms with E-state index in [1.165, 1.54) is 0 Å². The Balaban J connectivity index is 1.77. The van der Waals surface area contributed by atoms with Crippen LogP contribution in [0.5, 0.6) is 5.88 Å². The number of aliphatic hydroxyl groups is 4. The fourth-order valence-corrected chi connectivity index (χ4v) is 5.34. The van der Waals surface area contributed by atoms with Gasteiger partial charge < -0.3 is 29.9 Å². The molecule has 1 fully saturated rings. The van der Waals surface area contributed by atoms with Crippen molar-refractivity contribution in [1.82, 2.24) is 15.2 Å². The minimum Gasteiger partial charge on any atom is -0.443 e. The molecule has 13 heteroatoms. The summed E-state index contributed by atoms with van der Waals surface area (Å²) in [4.78, 5) is 56.0. The van der Waals surface area contributed by atoms with E-state index in [1.807, 2.05) is 42.5 Å². The Labute approximate surface area is 246 Å². The van der Waals surface area contributed by atoms with Crippen LogP contribution in [-0.4, -0.2) is 94.0 Å². The minimum atomic E-state index is -3.64. The van der Waals surface area contributed by atoms with Crippen LogP contribution in [0, 0.1) is 6.92 Å². The lowest BCUT2D eigenvalue weighted by atomic mass is 9.60. The van der Waals surface area contributed by atoms with E-state index in [2.05, 4.69) is 15.2 Å². The maximum absolute atomic E-state index is 13.0. The van der Waals surface area contributed by atoms with Crippen LogP contribution in [0.3, 0.4) is 0 Å². The molecule has 2 aromatic heterocycles. The van der Waals surface area contributed by atoms with Gasteiger partial charge in [0.2, 0.25) is 23.4 Å². The van der Waals surface area contributed by atoms with E-state index in [1.54, 1.807) is 13.1 Å². The number of pyridine rings is 1. The van der Waals surface area contributed by atoms with Crippen molar-refractivity contribution < 1.29 is 49.1 Å². The highest BCUT2D eigenvalue weighted by Crippen LogP contribution is 2.47. The smallest absolute Gasteiger partial charge is 0.242 e. The maximum atomic E-state index is 13.0. The lowest BCUT2D eigenvalue weighted by Crippen LogP contribution is -2.87. The first kappa shape index (κ1) is 31.8. The quantitative estimate of drug-likeness (QED) is 0.216. The lowest BCUT2D eigenvalue weighted by Gasteiger charge is -2.56. The summed E-state index contributed by atoms with van der Waals surface area (Å²) in [6.07, 6.45) is -4.73. The van der Waals surface area contributed by atoms with Crippen molar-refractivity contribution in [2.45, 2.75) is 76.3 Å². The predicted octanol–water partition coefficient (Wildman–Crippen LogP) is 0.385. The number of Topliss-reactive ketones (excluding diaryl/α,β-unsaturated/α-hetero) is 4. The van der Waals surface area contributed by atoms with Crippen LogP contribution in [0.15, 0.2) is 48.7 Å². The average molecular weight is 596 g/mol. The molecule has 1 aromatic carbocycles. The van der Waals surface area contributed by atoms with E-state index in [9.17, 15) is 39.6 Å². The molecule has 4 rings (SSSR count). The first-order valence-corrected chi connectivity index (χ1v) is 13.4. The maximum Gasteiger partial charge on any atom is 0.242 e. The SMILES string of the molecule is CC(=O)[C@]1(O)[C@@](O)(C(C)=O)[C@@H](C(=O)C(C)O)OC(Oc2n[nH]c(C)c2Cc2ccc(-c3ccccn3)cc2)[C@@]1(O)C(C)=O. The van der Waals surface area contributed by atoms with Crippen LogP contribution in [-0.2, 0) is 30.3 Å². The van der Waals surface area contributed by atoms with Gasteiger partial charge in [0.15, 0.2) is 34.8 Å². The van der Waals surface area contributed by atoms with Gasteiger partial charge in [0.25, 0.3) is 0 Å². The van der Waals surface area contributed by atoms with Crippen LogP contribution >= 0.6 is 0 Å². The molecule has 1 aliphatic heterocycles. The van der Waals surface area contributed by atoms with Crippen molar-refractivity contribution in [1.29, 1.82) is 0 Å². The fourth-order valence-electron chi connectivity index (χ4n) is 5.34. The van der Waals surface area contributed by atoms with Gasteiger partial charge in [-0.2, -0.15) is 0 Å². The summed E-state index contributed by atoms with van der Waals surface area (Å²) >= 11 is 0. The molecule has 228 valence electrons. The summed E-state index contributed by atoms with van der Waals surface area (Å²) in [5, 5.41) is 51.7. The second kappa shape index (κ2) is 11.5. The molecule has 0 amide bonds. The van der Waals surface area contributed by atoms with Crippen molar-refractivity contribution >= 4 is 23.1 Å². The van der Waals surface area contributed by atoms with Gasteiger partial charge in [-0.25, -0.2) is 0 Å². The van der Waals surface area contributed by atoms with Crippen molar-refractivity contribution in [3.63, 3.8) is 0 Å². The monoisotopic (exact) mass is 595 g/mol. The first-order valence-electron chi connectivity index (χ1n) is 13.4. The highest BCUT2D eigenvalue weighted by Gasteiger charge is 2.80. The number of nitrogens with zero attached hydrogens (tertiary/aromatic N) is 2. The Bertz CT molecular complexity index is 1550. The highest BCUT2D eigenvalue weighted by atomic mass is 16.7. The topological polar surface area (TPSA) is 209 Å². The summed E-state index contributed by atoms with van der Waals surface area (Å²) in [5.41, 5.74) is -7.13. The summed E-state index contributed by atoms with van der Waals surface area (Å²) < 4.78 is 11.4. The van der Waals surface area contributed by atoms with E-state index in [4.69, 9.17) is 9.47 Å². The molecular formula is C30H33N3O10. The van der Waals surface area contributed by atoms with Crippen molar-refractivity contribution in [3.8, 4) is 17.1 Å². The number of carbonyl (C=O) groups is 4. The van der Waals surface area contributed by atoms with E-state index in [0.29, 0.717) is 18.2 Å². The van der Waals surface area contributed by atoms with Gasteiger partial charge in [0.05, 0.1) is 5.69 Å². The number of H-pyrrole nitrogens is 1. The van der Waals surface area contributed by atoms with Gasteiger partial charge in [-0.05, 0) is 52.3 Å². The number of nitrogens with one attached hydrogen (secondary N) is 1. The third-order valence-electron chi connectivity index (χ3n) is 7.89. The second-order valence-corrected chi connectivity index (χ2v) is 10.7. The van der Waals surface area contributed by atoms with Crippen LogP contribution in [0.4, 0.5) is 0 Å². The van der Waals surface area contributed by atoms with Crippen LogP contribution in [0.25, 0.3) is 11.3 Å². The number of aromatic nitrogens is 3. The van der Waals surface area contributed by atoms with Gasteiger partial charge in [-0.3, -0.25) is 29.3 Å². The van der Waals surface area contributed by atoms with Crippen molar-refractivity contribution in [2.24, 2.45) is 0 Å². The number of benzene rings is 1. The Hall–Kier alpha value is -4.14. The third-order valence-corrected chi connectivity index (χ3v) is 7.89. The summed E-state index contributed by atoms with van der Waals surface area (Å²) in [6.45, 7) is 4.92. The molecule has 5 N–H and O–H groups in total. The Kier molecular flexibility index (Phi) is 8.51. The largest absolute Gasteiger partial charge is 0.443 e. The molecule has 1 aliphatic rings. The summed E-state index contributed by atoms with van der Waals surface area (Å²) in [6, 6.07) is 13.0. The van der Waals surface area contributed by atoms with Crippen LogP contribution in [0.1, 0.15) is 44.5 Å². The Morgan fingerprint density at radius 1 is 0.977 bits per heavy atom. The number of ketones is 4. The molecule has 0 bridgehead atoms. The molecular weight excluding hydrogens is 562 g/mol. The van der Waals surface area contributed by atoms with Gasteiger partial charge in [0, 0.05) is 29.4 Å². The number of carbonyl (C=O) groups excluding carboxylic acids is 4. The number of aryl methyl sites for hydroxylation is 1. The number of aliphatic hydroxyl groups excluding tert-OH is 1. The lowest BCUT2D eigenvalue weighted by molar-refractivity contribution is -0.344. The third kappa shape index (κ3) is 4.98. The molecule has 3 aromatic rings. The number of hydrogen-bond acceptors (Lipinski definition) is 12. The number of aromatic amines is 1. The molecule has 0 aliphatic carbocycles. The van der Waals surface area contributed by atoms with E-state index < -0.39 is 58.4 Å². The summed E-state index contributed by atoms with van der Waals surface area (Å²) in [7, 11) is 0. The zero-order valence-electron chi connectivity index (χ0n) is 24.2. The van der Waals surface area contributed by atoms with Gasteiger partial charge in [0.1, 0.15) is 6.10 Å². The normalized spacial score (nSPS) is 27.7. The minimum absolute atomic E-state index is 0.218. The number of ether oxygens (including phenoxy) is 2. The molecule has 43 heavy (non-hydrogen) atoms. The molecule has 0 radical (unpaired) electrons. The zero-order valence-corrected chi connectivity index (χ0v) is 24.2. The predicted molar refractivity (Wildman–Crippen MR) is 149 cm³/mol. The van der Waals surface area contributed by atoms with Gasteiger partial charge >= 0.3 is 0 Å². The summed E-state index contributed by atoms with van der Waals surface area (Å²) in [5.74, 6) is -5.68. The average Bonchev–Trinajstić information content (AvgIpc) is 3.31. The molecule has 0 saturated carbocycles. The van der Waals surface area contributed by atoms with E-state index in [0.717, 1.165) is 37.6 Å². The van der Waals surface area contributed by atoms with E-state index in [-0.39, 0.29) is 12.3 Å². The molecule has 0 spiro atoms. The van der Waals surface area contributed by atoms with Crippen molar-refractivity contribution in [3.05, 3.63) is 65.5 Å². The van der Waals surface area contributed by atoms with Gasteiger partial charge in [-0.15, -0.1) is 5.10 Å². The molecule has 13 nitrogen and oxygen atoms in total. The van der Waals surface area contributed by atoms with Crippen LogP contribution < -0.4 is 4.74 Å². The highest BCUT2D eigenvalue weighted by molar-refractivity contribution is 6.08. The number of hydrogen-bond donors (Lipinski definition) is 5. The molecule has 6 atom stereocenters. The zero-order chi connectivity index (χ0) is 31.9. The standard InChI is InChI=1S/C30H33N3O10/c1-15-22(14-20-9-11-21(12-10-20)23-8-6-7-13-31-23)26(33-32-15)43-27-29(40,18(4)36)30(41,19(5)37)28(39,17(3)35)25(42-27)24(38)16(2)34/h6-13,16,25,27,34,39-41H,14H2,1-5H3,(H,32,33)/t16?,25-,27?,28-,29+,30+/m1/s1. The van der Waals surface area contributed by atoms with Gasteiger partial charge in [-0.1, -0.05) is 30.3 Å². The Morgan fingerprint density at radius 2 is 1.60 bits per heavy atom. The fraction of sp³-hybridized carbons (Fsp3) is 0.400. The molecule has 1 saturated heterocycles. The first-order chi connectivity index (χ1) is 20.1. The Morgan fingerprint density at radius 3 is 2.12 bits per heavy atom. The van der Waals surface area contributed by atoms with E-state index >= 15 is 0 Å². The van der Waals surface area contributed by atoms with Crippen molar-refractivity contribution in [2.75, 3.05) is 0 Å². The number of rotatable bonds is 10. The molecule has 2 unspecified atom stereocenters. The molecule has 3 heterocycles.